The number of nitrogens with zero attached hydrogens (tertiary/aromatic N) is 1. The number of hydrogen-bond donors (Lipinski definition) is 0. The summed E-state index contributed by atoms with van der Waals surface area (Å²) in [6, 6.07) is 3.25. The van der Waals surface area contributed by atoms with Gasteiger partial charge in [0.25, 0.3) is 0 Å². The number of ketones is 1. The number of carbonyl (C=O) groups excluding carboxylic acids is 1. The first-order valence-electron chi connectivity index (χ1n) is 5.51. The molecule has 1 aromatic carbocycles. The lowest BCUT2D eigenvalue weighted by Crippen LogP contribution is -2.34. The van der Waals surface area contributed by atoms with Gasteiger partial charge in [0.15, 0.2) is 0 Å². The molecule has 1 aliphatic heterocycles. The predicted molar refractivity (Wildman–Crippen MR) is 62.9 cm³/mol. The van der Waals surface area contributed by atoms with Crippen LogP contribution >= 0.6 is 11.6 Å². The fourth-order valence-electron chi connectivity index (χ4n) is 1.93. The topological polar surface area (TPSA) is 20.3 Å². The Hall–Kier alpha value is -1.23. The molecule has 1 aliphatic rings. The lowest BCUT2D eigenvalue weighted by molar-refractivity contribution is -0.137. The summed E-state index contributed by atoms with van der Waals surface area (Å²) >= 11 is 5.92. The molecule has 0 spiro atoms. The zero-order chi connectivity index (χ0) is 13.3. The van der Waals surface area contributed by atoms with Gasteiger partial charge in [0.2, 0.25) is 0 Å². The quantitative estimate of drug-likeness (QED) is 0.783. The second-order valence-electron chi connectivity index (χ2n) is 4.19. The average Bonchev–Trinajstić information content (AvgIpc) is 2.29. The van der Waals surface area contributed by atoms with Gasteiger partial charge in [0, 0.05) is 25.9 Å². The molecule has 0 N–H and O–H groups in total. The highest BCUT2D eigenvalue weighted by Crippen LogP contribution is 2.35. The van der Waals surface area contributed by atoms with Crippen molar-refractivity contribution >= 4 is 23.1 Å². The lowest BCUT2D eigenvalue weighted by atomic mass is 10.1. The van der Waals surface area contributed by atoms with Crippen LogP contribution in [0.1, 0.15) is 18.4 Å². The number of piperidine rings is 1. The minimum atomic E-state index is -4.38. The highest BCUT2D eigenvalue weighted by Gasteiger charge is 2.31. The van der Waals surface area contributed by atoms with Crippen LogP contribution in [0.5, 0.6) is 0 Å². The minimum absolute atomic E-state index is 0.134. The summed E-state index contributed by atoms with van der Waals surface area (Å²) in [6.07, 6.45) is -3.68. The second kappa shape index (κ2) is 4.80. The number of rotatable bonds is 1. The maximum absolute atomic E-state index is 12.6. The van der Waals surface area contributed by atoms with E-state index in [2.05, 4.69) is 0 Å². The van der Waals surface area contributed by atoms with E-state index in [4.69, 9.17) is 11.6 Å². The molecule has 0 saturated carbocycles. The fourth-order valence-corrected chi connectivity index (χ4v) is 2.17. The summed E-state index contributed by atoms with van der Waals surface area (Å²) in [5.41, 5.74) is -0.377. The van der Waals surface area contributed by atoms with Crippen LogP contribution in [-0.2, 0) is 11.0 Å². The third-order valence-corrected chi connectivity index (χ3v) is 3.25. The van der Waals surface area contributed by atoms with Crippen molar-refractivity contribution in [1.82, 2.24) is 0 Å². The van der Waals surface area contributed by atoms with Gasteiger partial charge in [-0.05, 0) is 18.2 Å². The Morgan fingerprint density at radius 1 is 1.17 bits per heavy atom. The van der Waals surface area contributed by atoms with Gasteiger partial charge in [-0.3, -0.25) is 4.79 Å². The Morgan fingerprint density at radius 3 is 2.33 bits per heavy atom. The number of hydrogen-bond acceptors (Lipinski definition) is 2. The number of Topliss-reactive ketones (excluding diaryl/α,β-unsaturated/α-hetero) is 1. The first-order valence-corrected chi connectivity index (χ1v) is 5.89. The molecule has 98 valence electrons. The van der Waals surface area contributed by atoms with Gasteiger partial charge in [-0.25, -0.2) is 0 Å². The highest BCUT2D eigenvalue weighted by molar-refractivity contribution is 6.33. The third kappa shape index (κ3) is 2.77. The molecule has 1 fully saturated rings. The van der Waals surface area contributed by atoms with E-state index in [1.54, 1.807) is 4.90 Å². The molecule has 0 amide bonds. The van der Waals surface area contributed by atoms with Crippen molar-refractivity contribution < 1.29 is 18.0 Å². The fraction of sp³-hybridized carbons (Fsp3) is 0.417. The molecule has 1 aromatic rings. The van der Waals surface area contributed by atoms with Gasteiger partial charge >= 0.3 is 6.18 Å². The normalized spacial score (nSPS) is 17.1. The van der Waals surface area contributed by atoms with Gasteiger partial charge in [-0.2, -0.15) is 13.2 Å². The van der Waals surface area contributed by atoms with E-state index in [0.717, 1.165) is 12.1 Å². The van der Waals surface area contributed by atoms with E-state index in [-0.39, 0.29) is 10.8 Å². The zero-order valence-corrected chi connectivity index (χ0v) is 10.2. The Morgan fingerprint density at radius 2 is 1.78 bits per heavy atom. The van der Waals surface area contributed by atoms with Gasteiger partial charge in [0.05, 0.1) is 16.3 Å². The van der Waals surface area contributed by atoms with Crippen LogP contribution in [0.25, 0.3) is 0 Å². The van der Waals surface area contributed by atoms with E-state index < -0.39 is 11.7 Å². The smallest absolute Gasteiger partial charge is 0.369 e. The van der Waals surface area contributed by atoms with E-state index in [1.807, 2.05) is 0 Å². The molecular formula is C12H11ClF3NO. The molecule has 0 radical (unpaired) electrons. The van der Waals surface area contributed by atoms with Gasteiger partial charge in [0.1, 0.15) is 5.78 Å². The summed E-state index contributed by atoms with van der Waals surface area (Å²) in [5, 5.41) is 0.275. The molecule has 0 unspecified atom stereocenters. The van der Waals surface area contributed by atoms with Crippen LogP contribution in [0, 0.1) is 0 Å². The molecule has 18 heavy (non-hydrogen) atoms. The Bertz CT molecular complexity index is 463. The van der Waals surface area contributed by atoms with Crippen molar-refractivity contribution in [1.29, 1.82) is 0 Å². The predicted octanol–water partition coefficient (Wildman–Crippen LogP) is 3.53. The van der Waals surface area contributed by atoms with E-state index in [9.17, 15) is 18.0 Å². The molecule has 0 aromatic heterocycles. The molecule has 2 nitrogen and oxygen atoms in total. The molecule has 0 atom stereocenters. The Labute approximate surface area is 107 Å². The van der Waals surface area contributed by atoms with Crippen molar-refractivity contribution in [3.63, 3.8) is 0 Å². The number of halogens is 4. The summed E-state index contributed by atoms with van der Waals surface area (Å²) in [6.45, 7) is 0.833. The SMILES string of the molecule is O=C1CCN(c2cc(C(F)(F)F)ccc2Cl)CC1. The van der Waals surface area contributed by atoms with Gasteiger partial charge in [-0.1, -0.05) is 11.6 Å². The van der Waals surface area contributed by atoms with Crippen molar-refractivity contribution in [2.45, 2.75) is 19.0 Å². The van der Waals surface area contributed by atoms with Crippen LogP contribution in [0.2, 0.25) is 5.02 Å². The van der Waals surface area contributed by atoms with Crippen LogP contribution in [0.4, 0.5) is 18.9 Å². The summed E-state index contributed by atoms with van der Waals surface area (Å²) in [5.74, 6) is 0.134. The lowest BCUT2D eigenvalue weighted by Gasteiger charge is -2.29. The Balaban J connectivity index is 2.29. The minimum Gasteiger partial charge on any atom is -0.369 e. The van der Waals surface area contributed by atoms with Gasteiger partial charge in [-0.15, -0.1) is 0 Å². The number of anilines is 1. The molecule has 0 bridgehead atoms. The second-order valence-corrected chi connectivity index (χ2v) is 4.60. The molecular weight excluding hydrogens is 267 g/mol. The van der Waals surface area contributed by atoms with Crippen molar-refractivity contribution in [3.8, 4) is 0 Å². The van der Waals surface area contributed by atoms with Crippen LogP contribution in [0.15, 0.2) is 18.2 Å². The maximum atomic E-state index is 12.6. The van der Waals surface area contributed by atoms with Crippen molar-refractivity contribution in [3.05, 3.63) is 28.8 Å². The molecule has 6 heteroatoms. The zero-order valence-electron chi connectivity index (χ0n) is 9.43. The van der Waals surface area contributed by atoms with Crippen LogP contribution in [-0.4, -0.2) is 18.9 Å². The first kappa shape index (κ1) is 13.2. The van der Waals surface area contributed by atoms with E-state index in [1.165, 1.54) is 6.07 Å². The molecule has 2 rings (SSSR count). The molecule has 1 saturated heterocycles. The maximum Gasteiger partial charge on any atom is 0.416 e. The number of benzene rings is 1. The standard InChI is InChI=1S/C12H11ClF3NO/c13-10-2-1-8(12(14,15)16)7-11(10)17-5-3-9(18)4-6-17/h1-2,7H,3-6H2. The monoisotopic (exact) mass is 277 g/mol. The van der Waals surface area contributed by atoms with Crippen molar-refractivity contribution in [2.24, 2.45) is 0 Å². The van der Waals surface area contributed by atoms with Crippen LogP contribution in [0.3, 0.4) is 0 Å². The van der Waals surface area contributed by atoms with E-state index >= 15 is 0 Å². The average molecular weight is 278 g/mol. The first-order chi connectivity index (χ1) is 8.38. The van der Waals surface area contributed by atoms with E-state index in [0.29, 0.717) is 31.6 Å². The molecule has 0 aliphatic carbocycles. The van der Waals surface area contributed by atoms with Crippen molar-refractivity contribution in [2.75, 3.05) is 18.0 Å². The van der Waals surface area contributed by atoms with Crippen LogP contribution < -0.4 is 4.90 Å². The molecule has 1 heterocycles. The highest BCUT2D eigenvalue weighted by atomic mass is 35.5. The summed E-state index contributed by atoms with van der Waals surface area (Å²) < 4.78 is 37.8. The largest absolute Gasteiger partial charge is 0.416 e. The van der Waals surface area contributed by atoms with Gasteiger partial charge < -0.3 is 4.90 Å². The third-order valence-electron chi connectivity index (χ3n) is 2.94. The summed E-state index contributed by atoms with van der Waals surface area (Å²) in [7, 11) is 0. The number of alkyl halides is 3. The summed E-state index contributed by atoms with van der Waals surface area (Å²) in [4.78, 5) is 12.8. The number of carbonyl (C=O) groups is 1. The Kier molecular flexibility index (Phi) is 3.52.